The minimum Gasteiger partial charge on any atom is -0.461 e. The molecule has 5 fully saturated rings. The number of nitrogens with zero attached hydrogens (tertiary/aromatic N) is 2. The number of aromatic nitrogens is 1. The smallest absolute Gasteiger partial charge is 0.367 e. The lowest BCUT2D eigenvalue weighted by atomic mass is 9.49. The van der Waals surface area contributed by atoms with Crippen molar-refractivity contribution in [1.82, 2.24) is 9.88 Å². The van der Waals surface area contributed by atoms with Gasteiger partial charge in [0.1, 0.15) is 12.6 Å². The van der Waals surface area contributed by atoms with Crippen LogP contribution in [0.15, 0.2) is 5.38 Å². The van der Waals surface area contributed by atoms with Gasteiger partial charge in [0.05, 0.1) is 23.8 Å². The summed E-state index contributed by atoms with van der Waals surface area (Å²) in [5.41, 5.74) is 0.102. The number of carbonyl (C=O) groups excluding carboxylic acids is 3. The molecule has 4 aliphatic carbocycles. The zero-order valence-electron chi connectivity index (χ0n) is 18.3. The van der Waals surface area contributed by atoms with Crippen molar-refractivity contribution in [3.8, 4) is 0 Å². The number of esters is 2. The van der Waals surface area contributed by atoms with E-state index in [9.17, 15) is 19.5 Å². The molecular weight excluding hydrogens is 432 g/mol. The molecule has 1 amide bonds. The number of rotatable bonds is 6. The van der Waals surface area contributed by atoms with Gasteiger partial charge in [0.25, 0.3) is 0 Å². The predicted octanol–water partition coefficient (Wildman–Crippen LogP) is 2.54. The number of amides is 1. The number of aliphatic hydroxyl groups is 1. The summed E-state index contributed by atoms with van der Waals surface area (Å²) < 4.78 is 10.4. The number of aliphatic hydroxyl groups excluding tert-OH is 1. The van der Waals surface area contributed by atoms with E-state index in [4.69, 9.17) is 9.47 Å². The second kappa shape index (κ2) is 8.41. The topological polar surface area (TPSA) is 106 Å². The average molecular weight is 463 g/mol. The van der Waals surface area contributed by atoms with E-state index in [0.29, 0.717) is 23.4 Å². The first-order valence-corrected chi connectivity index (χ1v) is 12.5. The quantitative estimate of drug-likeness (QED) is 0.648. The average Bonchev–Trinajstić information content (AvgIpc) is 3.37. The van der Waals surface area contributed by atoms with E-state index < -0.39 is 24.1 Å². The van der Waals surface area contributed by atoms with Gasteiger partial charge in [-0.2, -0.15) is 0 Å². The summed E-state index contributed by atoms with van der Waals surface area (Å²) in [6.07, 6.45) is 5.94. The molecule has 0 aromatic carbocycles. The molecule has 2 atom stereocenters. The summed E-state index contributed by atoms with van der Waals surface area (Å²) in [6, 6.07) is -0.770. The van der Waals surface area contributed by atoms with Gasteiger partial charge >= 0.3 is 11.9 Å². The van der Waals surface area contributed by atoms with Crippen LogP contribution in [0.2, 0.25) is 0 Å². The highest BCUT2D eigenvalue weighted by Crippen LogP contribution is 2.60. The second-order valence-corrected chi connectivity index (χ2v) is 10.9. The SMILES string of the molecule is CCOC(=O)c1nc(COC(=O)[C@@H]2CC(O)CN2C(=O)C23CC4CC(CC(C4)C2)C3)cs1. The molecule has 1 saturated heterocycles. The number of thiazole rings is 1. The van der Waals surface area contributed by atoms with Gasteiger partial charge in [-0.25, -0.2) is 14.6 Å². The van der Waals surface area contributed by atoms with Crippen molar-refractivity contribution in [2.45, 2.75) is 70.6 Å². The second-order valence-electron chi connectivity index (χ2n) is 10.0. The Bertz CT molecular complexity index is 879. The van der Waals surface area contributed by atoms with E-state index in [2.05, 4.69) is 4.98 Å². The Labute approximate surface area is 191 Å². The highest BCUT2D eigenvalue weighted by molar-refractivity contribution is 7.11. The van der Waals surface area contributed by atoms with Crippen LogP contribution in [0.5, 0.6) is 0 Å². The zero-order valence-corrected chi connectivity index (χ0v) is 19.1. The number of hydrogen-bond acceptors (Lipinski definition) is 8. The fraction of sp³-hybridized carbons (Fsp3) is 0.739. The van der Waals surface area contributed by atoms with Crippen molar-refractivity contribution in [3.63, 3.8) is 0 Å². The highest BCUT2D eigenvalue weighted by Gasteiger charge is 2.57. The Morgan fingerprint density at radius 1 is 1.12 bits per heavy atom. The van der Waals surface area contributed by atoms with Crippen molar-refractivity contribution in [2.24, 2.45) is 23.2 Å². The van der Waals surface area contributed by atoms with E-state index in [1.807, 2.05) is 0 Å². The van der Waals surface area contributed by atoms with Crippen LogP contribution in [0.25, 0.3) is 0 Å². The summed E-state index contributed by atoms with van der Waals surface area (Å²) in [5.74, 6) is 0.893. The Hall–Kier alpha value is -2.00. The summed E-state index contributed by atoms with van der Waals surface area (Å²) in [6.45, 7) is 2.09. The molecule has 4 bridgehead atoms. The number of carbonyl (C=O) groups is 3. The highest BCUT2D eigenvalue weighted by atomic mass is 32.1. The van der Waals surface area contributed by atoms with Crippen LogP contribution < -0.4 is 0 Å². The summed E-state index contributed by atoms with van der Waals surface area (Å²) >= 11 is 1.14. The molecular formula is C23H30N2O6S. The van der Waals surface area contributed by atoms with E-state index in [1.165, 1.54) is 19.3 Å². The van der Waals surface area contributed by atoms with Gasteiger partial charge in [-0.15, -0.1) is 11.3 Å². The molecule has 1 aliphatic heterocycles. The maximum Gasteiger partial charge on any atom is 0.367 e. The lowest BCUT2D eigenvalue weighted by molar-refractivity contribution is -0.166. The van der Waals surface area contributed by atoms with E-state index in [1.54, 1.807) is 17.2 Å². The van der Waals surface area contributed by atoms with Gasteiger partial charge in [-0.05, 0) is 63.2 Å². The molecule has 1 N–H and O–H groups in total. The van der Waals surface area contributed by atoms with Gasteiger partial charge < -0.3 is 19.5 Å². The Morgan fingerprint density at radius 2 is 1.78 bits per heavy atom. The molecule has 174 valence electrons. The normalized spacial score (nSPS) is 35.2. The maximum atomic E-state index is 13.7. The van der Waals surface area contributed by atoms with Crippen molar-refractivity contribution in [3.05, 3.63) is 16.1 Å². The van der Waals surface area contributed by atoms with Gasteiger partial charge in [0.2, 0.25) is 10.9 Å². The van der Waals surface area contributed by atoms with Crippen molar-refractivity contribution in [2.75, 3.05) is 13.2 Å². The van der Waals surface area contributed by atoms with Gasteiger partial charge in [-0.3, -0.25) is 4.79 Å². The number of likely N-dealkylation sites (tertiary alicyclic amines) is 1. The molecule has 0 radical (unpaired) electrons. The Balaban J connectivity index is 1.24. The van der Waals surface area contributed by atoms with Crippen molar-refractivity contribution in [1.29, 1.82) is 0 Å². The van der Waals surface area contributed by atoms with Crippen molar-refractivity contribution < 1.29 is 29.0 Å². The first kappa shape index (κ1) is 21.8. The lowest BCUT2D eigenvalue weighted by Crippen LogP contribution is -2.56. The fourth-order valence-corrected chi connectivity index (χ4v) is 7.53. The number of hydrogen-bond donors (Lipinski definition) is 1. The molecule has 2 heterocycles. The molecule has 4 saturated carbocycles. The summed E-state index contributed by atoms with van der Waals surface area (Å²) in [7, 11) is 0. The van der Waals surface area contributed by atoms with Crippen LogP contribution in [0.1, 0.15) is 67.4 Å². The van der Waals surface area contributed by atoms with Crippen LogP contribution >= 0.6 is 11.3 Å². The Morgan fingerprint density at radius 3 is 2.41 bits per heavy atom. The van der Waals surface area contributed by atoms with Crippen LogP contribution in [0.4, 0.5) is 0 Å². The standard InChI is InChI=1S/C23H30N2O6S/c1-2-30-21(28)19-24-16(12-32-19)11-31-20(27)18-6-17(26)10-25(18)22(29)23-7-13-3-14(8-23)5-15(4-13)9-23/h12-15,17-18,26H,2-11H2,1H3/t13?,14?,15?,17?,18-,23?/m0/s1. The minimum absolute atomic E-state index is 0.0355. The molecule has 9 heteroatoms. The molecule has 5 aliphatic rings. The third-order valence-electron chi connectivity index (χ3n) is 7.67. The summed E-state index contributed by atoms with van der Waals surface area (Å²) in [4.78, 5) is 44.1. The number of ether oxygens (including phenoxy) is 2. The zero-order chi connectivity index (χ0) is 22.5. The Kier molecular flexibility index (Phi) is 5.73. The van der Waals surface area contributed by atoms with E-state index in [-0.39, 0.29) is 42.5 Å². The molecule has 0 spiro atoms. The molecule has 6 rings (SSSR count). The van der Waals surface area contributed by atoms with E-state index >= 15 is 0 Å². The first-order valence-electron chi connectivity index (χ1n) is 11.6. The fourth-order valence-electron chi connectivity index (χ4n) is 6.84. The van der Waals surface area contributed by atoms with Crippen LogP contribution in [0.3, 0.4) is 0 Å². The van der Waals surface area contributed by atoms with Crippen LogP contribution in [-0.2, 0) is 25.7 Å². The third-order valence-corrected chi connectivity index (χ3v) is 8.54. The summed E-state index contributed by atoms with van der Waals surface area (Å²) in [5, 5.41) is 12.2. The van der Waals surface area contributed by atoms with E-state index in [0.717, 1.165) is 30.6 Å². The molecule has 8 nitrogen and oxygen atoms in total. The molecule has 32 heavy (non-hydrogen) atoms. The molecule has 1 aromatic rings. The van der Waals surface area contributed by atoms with Crippen LogP contribution in [0, 0.1) is 23.2 Å². The maximum absolute atomic E-state index is 13.7. The predicted molar refractivity (Wildman–Crippen MR) is 115 cm³/mol. The lowest BCUT2D eigenvalue weighted by Gasteiger charge is -2.56. The van der Waals surface area contributed by atoms with Crippen LogP contribution in [-0.4, -0.2) is 58.1 Å². The molecule has 1 aromatic heterocycles. The minimum atomic E-state index is -0.770. The van der Waals surface area contributed by atoms with Gasteiger partial charge in [0, 0.05) is 18.3 Å². The largest absolute Gasteiger partial charge is 0.461 e. The number of β-amino-alcohol motifs (C(OH)–C–C–N with tert-alkyl or cyclic N) is 1. The first-order chi connectivity index (χ1) is 15.4. The monoisotopic (exact) mass is 462 g/mol. The third kappa shape index (κ3) is 3.94. The molecule has 1 unspecified atom stereocenters. The van der Waals surface area contributed by atoms with Crippen molar-refractivity contribution >= 4 is 29.2 Å². The van der Waals surface area contributed by atoms with Gasteiger partial charge in [-0.1, -0.05) is 0 Å². The van der Waals surface area contributed by atoms with Gasteiger partial charge in [0.15, 0.2) is 0 Å².